The number of carbonyl (C=O) groups is 2. The molecule has 14 nitrogen and oxygen atoms in total. The number of aliphatic hydroxyl groups is 6. The van der Waals surface area contributed by atoms with Crippen LogP contribution in [0.3, 0.4) is 0 Å². The second kappa shape index (κ2) is 19.5. The Balaban J connectivity index is 1.22. The smallest absolute Gasteiger partial charge is 0.334 e. The summed E-state index contributed by atoms with van der Waals surface area (Å²) in [5.41, 5.74) is 0.0355. The average Bonchev–Trinajstić information content (AvgIpc) is 3.32. The quantitative estimate of drug-likeness (QED) is 0.0549. The molecule has 0 bridgehead atoms. The number of hydrogen-bond donors (Lipinski definition) is 7. The summed E-state index contributed by atoms with van der Waals surface area (Å²) in [6, 6.07) is 0. The molecule has 3 fully saturated rings. The van der Waals surface area contributed by atoms with Gasteiger partial charge in [-0.15, -0.1) is 0 Å². The van der Waals surface area contributed by atoms with Gasteiger partial charge in [-0.2, -0.15) is 0 Å². The molecule has 7 N–H and O–H groups in total. The van der Waals surface area contributed by atoms with Crippen LogP contribution in [0.1, 0.15) is 97.3 Å². The van der Waals surface area contributed by atoms with Crippen LogP contribution < -0.4 is 0 Å². The molecule has 0 aliphatic carbocycles. The molecule has 3 rings (SSSR count). The molecule has 47 heavy (non-hydrogen) atoms. The van der Waals surface area contributed by atoms with E-state index in [2.05, 4.69) is 6.58 Å². The molecule has 0 radical (unpaired) electrons. The maximum Gasteiger partial charge on any atom is 0.334 e. The van der Waals surface area contributed by atoms with Crippen LogP contribution in [0.25, 0.3) is 0 Å². The van der Waals surface area contributed by atoms with Crippen molar-refractivity contribution in [3.05, 3.63) is 12.2 Å². The van der Waals surface area contributed by atoms with Crippen molar-refractivity contribution < 1.29 is 69.0 Å². The number of aliphatic hydroxyl groups excluding tert-OH is 6. The van der Waals surface area contributed by atoms with Crippen LogP contribution in [-0.4, -0.2) is 128 Å². The predicted octanol–water partition coefficient (Wildman–Crippen LogP) is 1.30. The largest absolute Gasteiger partial charge is 0.481 e. The highest BCUT2D eigenvalue weighted by molar-refractivity contribution is 5.97. The first kappa shape index (κ1) is 39.7. The van der Waals surface area contributed by atoms with E-state index in [0.717, 1.165) is 70.6 Å². The van der Waals surface area contributed by atoms with Crippen molar-refractivity contribution in [2.24, 2.45) is 5.92 Å². The van der Waals surface area contributed by atoms with Crippen LogP contribution in [0.15, 0.2) is 12.2 Å². The number of esters is 1. The maximum absolute atomic E-state index is 11.6. The Bertz CT molecular complexity index is 977. The number of hydrogen-bond acceptors (Lipinski definition) is 13. The minimum Gasteiger partial charge on any atom is -0.481 e. The fourth-order valence-corrected chi connectivity index (χ4v) is 6.45. The number of carboxylic acids is 1. The van der Waals surface area contributed by atoms with Crippen molar-refractivity contribution >= 4 is 11.9 Å². The van der Waals surface area contributed by atoms with Gasteiger partial charge in [0.05, 0.1) is 18.8 Å². The van der Waals surface area contributed by atoms with Gasteiger partial charge in [0.1, 0.15) is 54.7 Å². The second-order valence-corrected chi connectivity index (χ2v) is 13.2. The molecule has 0 aromatic heterocycles. The molecule has 3 saturated heterocycles. The minimum absolute atomic E-state index is 0.0355. The SMILES string of the molecule is C=C1C(=O)O[C@@H](CCCCCCCCCCCCC[C@H](C)O[C@@H]2O[C@H](CO)[C@@H](O[C@@H]3O[C@@H](C)[C@H](O)[C@@H](O)[C@H]3O)[C@H](O)[C@H]2O)[C@@H]1C(=O)O. The zero-order valence-electron chi connectivity index (χ0n) is 27.6. The molecule has 3 aliphatic heterocycles. The van der Waals surface area contributed by atoms with Gasteiger partial charge in [-0.1, -0.05) is 70.8 Å². The van der Waals surface area contributed by atoms with E-state index in [0.29, 0.717) is 12.8 Å². The molecule has 0 amide bonds. The van der Waals surface area contributed by atoms with E-state index in [-0.39, 0.29) is 11.7 Å². The fraction of sp³-hybridized carbons (Fsp3) is 0.879. The van der Waals surface area contributed by atoms with Gasteiger partial charge >= 0.3 is 11.9 Å². The Hall–Kier alpha value is -1.72. The molecule has 0 aromatic rings. The Morgan fingerprint density at radius 3 is 1.91 bits per heavy atom. The Labute approximate surface area is 276 Å². The summed E-state index contributed by atoms with van der Waals surface area (Å²) in [7, 11) is 0. The van der Waals surface area contributed by atoms with Crippen LogP contribution in [-0.2, 0) is 33.3 Å². The summed E-state index contributed by atoms with van der Waals surface area (Å²) in [6.07, 6.45) is -1.48. The van der Waals surface area contributed by atoms with E-state index >= 15 is 0 Å². The van der Waals surface area contributed by atoms with Gasteiger partial charge in [0.2, 0.25) is 0 Å². The standard InChI is InChI=1S/C33H56O14/c1-18(15-13-11-9-7-5-4-6-8-10-12-14-16-21-23(30(40)41)19(2)31(42)45-21)43-32-28(39)26(37)29(22(17-34)46-32)47-33-27(38)25(36)24(35)20(3)44-33/h18,20-29,32-39H,2,4-17H2,1,3H3,(H,40,41)/t18-,20-,21-,22+,23+,24-,25+,26+,27+,28+,29+,32+,33-/m0/s1. The van der Waals surface area contributed by atoms with Crippen LogP contribution in [0.5, 0.6) is 0 Å². The van der Waals surface area contributed by atoms with Gasteiger partial charge in [-0.25, -0.2) is 4.79 Å². The summed E-state index contributed by atoms with van der Waals surface area (Å²) in [5.74, 6) is -2.59. The van der Waals surface area contributed by atoms with Gasteiger partial charge in [-0.3, -0.25) is 4.79 Å². The molecule has 0 saturated carbocycles. The zero-order valence-corrected chi connectivity index (χ0v) is 27.6. The van der Waals surface area contributed by atoms with Crippen LogP contribution in [0.2, 0.25) is 0 Å². The number of carbonyl (C=O) groups excluding carboxylic acids is 1. The third kappa shape index (κ3) is 11.1. The van der Waals surface area contributed by atoms with Gasteiger partial charge in [-0.05, 0) is 33.1 Å². The fourth-order valence-electron chi connectivity index (χ4n) is 6.45. The van der Waals surface area contributed by atoms with Gasteiger partial charge in [0.15, 0.2) is 12.6 Å². The summed E-state index contributed by atoms with van der Waals surface area (Å²) < 4.78 is 27.8. The topological polar surface area (TPSA) is 222 Å². The summed E-state index contributed by atoms with van der Waals surface area (Å²) in [4.78, 5) is 23.0. The number of aliphatic carboxylic acids is 1. The molecular weight excluding hydrogens is 620 g/mol. The monoisotopic (exact) mass is 676 g/mol. The van der Waals surface area contributed by atoms with E-state index in [4.69, 9.17) is 23.7 Å². The predicted molar refractivity (Wildman–Crippen MR) is 166 cm³/mol. The molecule has 3 heterocycles. The number of cyclic esters (lactones) is 1. The number of carboxylic acid groups (broad SMARTS) is 1. The highest BCUT2D eigenvalue weighted by Crippen LogP contribution is 2.32. The van der Waals surface area contributed by atoms with E-state index in [1.54, 1.807) is 0 Å². The number of unbranched alkanes of at least 4 members (excludes halogenated alkanes) is 10. The molecule has 0 aromatic carbocycles. The first-order chi connectivity index (χ1) is 22.4. The van der Waals surface area contributed by atoms with Crippen molar-refractivity contribution in [1.82, 2.24) is 0 Å². The molecule has 3 aliphatic rings. The summed E-state index contributed by atoms with van der Waals surface area (Å²) in [6.45, 7) is 6.31. The van der Waals surface area contributed by atoms with Crippen LogP contribution >= 0.6 is 0 Å². The second-order valence-electron chi connectivity index (χ2n) is 13.2. The van der Waals surface area contributed by atoms with Crippen LogP contribution in [0, 0.1) is 5.92 Å². The van der Waals surface area contributed by atoms with E-state index in [9.17, 15) is 45.3 Å². The van der Waals surface area contributed by atoms with Crippen molar-refractivity contribution in [1.29, 1.82) is 0 Å². The lowest BCUT2D eigenvalue weighted by Crippen LogP contribution is -2.64. The molecule has 0 spiro atoms. The first-order valence-electron chi connectivity index (χ1n) is 17.1. The molecule has 14 heteroatoms. The lowest BCUT2D eigenvalue weighted by molar-refractivity contribution is -0.359. The Kier molecular flexibility index (Phi) is 16.4. The van der Waals surface area contributed by atoms with Gasteiger partial charge in [0.25, 0.3) is 0 Å². The van der Waals surface area contributed by atoms with Crippen molar-refractivity contribution in [2.75, 3.05) is 6.61 Å². The Morgan fingerprint density at radius 2 is 1.34 bits per heavy atom. The normalized spacial score (nSPS) is 36.8. The molecule has 272 valence electrons. The Morgan fingerprint density at radius 1 is 0.787 bits per heavy atom. The van der Waals surface area contributed by atoms with E-state index in [1.165, 1.54) is 6.92 Å². The van der Waals surface area contributed by atoms with Gasteiger partial charge < -0.3 is 59.4 Å². The maximum atomic E-state index is 11.6. The number of ether oxygens (including phenoxy) is 5. The lowest BCUT2D eigenvalue weighted by atomic mass is 9.93. The van der Waals surface area contributed by atoms with Crippen molar-refractivity contribution in [3.8, 4) is 0 Å². The molecular formula is C33H56O14. The van der Waals surface area contributed by atoms with E-state index < -0.39 is 92.0 Å². The summed E-state index contributed by atoms with van der Waals surface area (Å²) in [5, 5.41) is 70.8. The van der Waals surface area contributed by atoms with E-state index in [1.807, 2.05) is 6.92 Å². The third-order valence-electron chi connectivity index (χ3n) is 9.42. The average molecular weight is 677 g/mol. The van der Waals surface area contributed by atoms with Gasteiger partial charge in [0, 0.05) is 5.57 Å². The highest BCUT2D eigenvalue weighted by atomic mass is 16.7. The number of rotatable bonds is 20. The van der Waals surface area contributed by atoms with Crippen molar-refractivity contribution in [3.63, 3.8) is 0 Å². The van der Waals surface area contributed by atoms with Crippen molar-refractivity contribution in [2.45, 2.75) is 171 Å². The van der Waals surface area contributed by atoms with Crippen LogP contribution in [0.4, 0.5) is 0 Å². The third-order valence-corrected chi connectivity index (χ3v) is 9.42. The minimum atomic E-state index is -1.62. The lowest BCUT2D eigenvalue weighted by Gasteiger charge is -2.46. The molecule has 13 atom stereocenters. The molecule has 0 unspecified atom stereocenters. The zero-order chi connectivity index (χ0) is 34.7. The first-order valence-corrected chi connectivity index (χ1v) is 17.1. The highest BCUT2D eigenvalue weighted by Gasteiger charge is 2.50. The summed E-state index contributed by atoms with van der Waals surface area (Å²) >= 11 is 0.